The Bertz CT molecular complexity index is 381. The van der Waals surface area contributed by atoms with E-state index >= 15 is 0 Å². The van der Waals surface area contributed by atoms with Gasteiger partial charge in [-0.1, -0.05) is 0 Å². The van der Waals surface area contributed by atoms with Crippen LogP contribution in [0.3, 0.4) is 0 Å². The Hall–Kier alpha value is -0.610. The van der Waals surface area contributed by atoms with Gasteiger partial charge in [-0.05, 0) is 65.6 Å². The van der Waals surface area contributed by atoms with Crippen molar-refractivity contribution in [2.45, 2.75) is 39.2 Å². The van der Waals surface area contributed by atoms with Crippen molar-refractivity contribution in [2.24, 2.45) is 17.8 Å². The summed E-state index contributed by atoms with van der Waals surface area (Å²) in [6.07, 6.45) is 2.09. The first kappa shape index (κ1) is 15.3. The molecule has 0 aliphatic carbocycles. The van der Waals surface area contributed by atoms with Gasteiger partial charge in [-0.15, -0.1) is 0 Å². The molecule has 4 heteroatoms. The molecule has 3 saturated heterocycles. The number of hydrogen-bond donors (Lipinski definition) is 0. The summed E-state index contributed by atoms with van der Waals surface area (Å²) in [6, 6.07) is 0. The summed E-state index contributed by atoms with van der Waals surface area (Å²) >= 11 is 0. The third-order valence-electron chi connectivity index (χ3n) is 5.77. The molecule has 120 valence electrons. The molecular weight excluding hydrogens is 262 g/mol. The minimum absolute atomic E-state index is 0.239. The predicted octanol–water partition coefficient (Wildman–Crippen LogP) is 1.52. The van der Waals surface area contributed by atoms with E-state index in [1.54, 1.807) is 0 Å². The maximum Gasteiger partial charge on any atom is 0.225 e. The van der Waals surface area contributed by atoms with Crippen LogP contribution in [0.5, 0.6) is 0 Å². The minimum atomic E-state index is 0.239. The van der Waals surface area contributed by atoms with E-state index in [1.165, 1.54) is 13.1 Å². The summed E-state index contributed by atoms with van der Waals surface area (Å²) in [5.74, 6) is 2.18. The number of piperidine rings is 1. The average Bonchev–Trinajstić information content (AvgIpc) is 2.94. The normalized spacial score (nSPS) is 32.7. The SMILES string of the molecule is CN1CC2CN(C(=O)C3CCN(C(C)(C)C)CC3)CC2C1. The van der Waals surface area contributed by atoms with Crippen LogP contribution in [-0.4, -0.2) is 72.5 Å². The molecule has 0 spiro atoms. The number of rotatable bonds is 1. The van der Waals surface area contributed by atoms with Gasteiger partial charge in [0.15, 0.2) is 0 Å². The average molecular weight is 293 g/mol. The number of hydrogen-bond acceptors (Lipinski definition) is 3. The number of fused-ring (bicyclic) bond motifs is 1. The molecule has 2 atom stereocenters. The first-order chi connectivity index (χ1) is 9.84. The van der Waals surface area contributed by atoms with Gasteiger partial charge in [0.2, 0.25) is 5.91 Å². The van der Waals surface area contributed by atoms with E-state index in [2.05, 4.69) is 42.5 Å². The maximum absolute atomic E-state index is 12.8. The van der Waals surface area contributed by atoms with Gasteiger partial charge in [0.05, 0.1) is 0 Å². The number of nitrogens with zero attached hydrogens (tertiary/aromatic N) is 3. The molecule has 3 rings (SSSR count). The van der Waals surface area contributed by atoms with Crippen LogP contribution in [0, 0.1) is 17.8 Å². The molecule has 4 nitrogen and oxygen atoms in total. The molecule has 0 aromatic heterocycles. The molecule has 0 radical (unpaired) electrons. The van der Waals surface area contributed by atoms with Crippen LogP contribution in [0.1, 0.15) is 33.6 Å². The van der Waals surface area contributed by atoms with E-state index in [-0.39, 0.29) is 11.5 Å². The van der Waals surface area contributed by atoms with Crippen LogP contribution in [0.25, 0.3) is 0 Å². The smallest absolute Gasteiger partial charge is 0.225 e. The summed E-state index contributed by atoms with van der Waals surface area (Å²) in [6.45, 7) is 13.3. The van der Waals surface area contributed by atoms with E-state index in [9.17, 15) is 4.79 Å². The maximum atomic E-state index is 12.8. The van der Waals surface area contributed by atoms with Crippen LogP contribution in [0.2, 0.25) is 0 Å². The Morgan fingerprint density at radius 2 is 1.48 bits per heavy atom. The summed E-state index contributed by atoms with van der Waals surface area (Å²) < 4.78 is 0. The van der Waals surface area contributed by atoms with Crippen LogP contribution >= 0.6 is 0 Å². The Labute approximate surface area is 129 Å². The zero-order valence-corrected chi connectivity index (χ0v) is 14.1. The molecule has 0 saturated carbocycles. The van der Waals surface area contributed by atoms with Gasteiger partial charge in [-0.2, -0.15) is 0 Å². The van der Waals surface area contributed by atoms with Gasteiger partial charge in [-0.25, -0.2) is 0 Å². The second-order valence-electron chi connectivity index (χ2n) is 8.42. The fourth-order valence-corrected chi connectivity index (χ4v) is 4.46. The van der Waals surface area contributed by atoms with Crippen molar-refractivity contribution < 1.29 is 4.79 Å². The van der Waals surface area contributed by atoms with Gasteiger partial charge in [-0.3, -0.25) is 9.69 Å². The quantitative estimate of drug-likeness (QED) is 0.733. The topological polar surface area (TPSA) is 26.8 Å². The van der Waals surface area contributed by atoms with Crippen molar-refractivity contribution in [1.82, 2.24) is 14.7 Å². The Morgan fingerprint density at radius 1 is 0.952 bits per heavy atom. The highest BCUT2D eigenvalue weighted by molar-refractivity contribution is 5.79. The van der Waals surface area contributed by atoms with E-state index in [0.29, 0.717) is 5.91 Å². The largest absolute Gasteiger partial charge is 0.342 e. The van der Waals surface area contributed by atoms with Crippen molar-refractivity contribution in [3.05, 3.63) is 0 Å². The summed E-state index contributed by atoms with van der Waals surface area (Å²) in [7, 11) is 2.20. The van der Waals surface area contributed by atoms with Crippen molar-refractivity contribution >= 4 is 5.91 Å². The van der Waals surface area contributed by atoms with Gasteiger partial charge in [0, 0.05) is 37.6 Å². The van der Waals surface area contributed by atoms with Gasteiger partial charge >= 0.3 is 0 Å². The molecule has 3 heterocycles. The lowest BCUT2D eigenvalue weighted by Gasteiger charge is -2.41. The summed E-state index contributed by atoms with van der Waals surface area (Å²) in [5, 5.41) is 0. The van der Waals surface area contributed by atoms with Crippen LogP contribution < -0.4 is 0 Å². The molecule has 0 N–H and O–H groups in total. The highest BCUT2D eigenvalue weighted by Gasteiger charge is 2.42. The van der Waals surface area contributed by atoms with E-state index in [1.807, 2.05) is 0 Å². The zero-order chi connectivity index (χ0) is 15.2. The molecule has 0 bridgehead atoms. The van der Waals surface area contributed by atoms with Gasteiger partial charge in [0.25, 0.3) is 0 Å². The molecule has 3 fully saturated rings. The molecule has 21 heavy (non-hydrogen) atoms. The number of carbonyl (C=O) groups excluding carboxylic acids is 1. The monoisotopic (exact) mass is 293 g/mol. The van der Waals surface area contributed by atoms with Crippen molar-refractivity contribution in [2.75, 3.05) is 46.3 Å². The number of likely N-dealkylation sites (tertiary alicyclic amines) is 3. The Kier molecular flexibility index (Phi) is 4.04. The first-order valence-corrected chi connectivity index (χ1v) is 8.57. The molecule has 0 aromatic carbocycles. The van der Waals surface area contributed by atoms with Gasteiger partial charge in [0.1, 0.15) is 0 Å². The second kappa shape index (κ2) is 5.54. The fourth-order valence-electron chi connectivity index (χ4n) is 4.46. The minimum Gasteiger partial charge on any atom is -0.342 e. The van der Waals surface area contributed by atoms with Gasteiger partial charge < -0.3 is 9.80 Å². The van der Waals surface area contributed by atoms with Crippen molar-refractivity contribution in [3.63, 3.8) is 0 Å². The van der Waals surface area contributed by atoms with Crippen molar-refractivity contribution in [3.8, 4) is 0 Å². The standard InChI is InChI=1S/C17H31N3O/c1-17(2,3)20-7-5-13(6-8-20)16(21)19-11-14-9-18(4)10-15(14)12-19/h13-15H,5-12H2,1-4H3. The lowest BCUT2D eigenvalue weighted by molar-refractivity contribution is -0.136. The molecule has 1 amide bonds. The molecule has 0 aromatic rings. The van der Waals surface area contributed by atoms with Crippen molar-refractivity contribution in [1.29, 1.82) is 0 Å². The van der Waals surface area contributed by atoms with E-state index < -0.39 is 0 Å². The van der Waals surface area contributed by atoms with Crippen LogP contribution in [0.15, 0.2) is 0 Å². The van der Waals surface area contributed by atoms with Crippen LogP contribution in [0.4, 0.5) is 0 Å². The van der Waals surface area contributed by atoms with Crippen LogP contribution in [-0.2, 0) is 4.79 Å². The van der Waals surface area contributed by atoms with E-state index in [0.717, 1.165) is 50.9 Å². The second-order valence-corrected chi connectivity index (χ2v) is 8.42. The zero-order valence-electron chi connectivity index (χ0n) is 14.1. The Balaban J connectivity index is 1.52. The summed E-state index contributed by atoms with van der Waals surface area (Å²) in [4.78, 5) is 19.9. The molecule has 2 unspecified atom stereocenters. The first-order valence-electron chi connectivity index (χ1n) is 8.57. The molecule has 3 aliphatic rings. The van der Waals surface area contributed by atoms with E-state index in [4.69, 9.17) is 0 Å². The highest BCUT2D eigenvalue weighted by Crippen LogP contribution is 2.32. The highest BCUT2D eigenvalue weighted by atomic mass is 16.2. The fraction of sp³-hybridized carbons (Fsp3) is 0.941. The lowest BCUT2D eigenvalue weighted by atomic mass is 9.92. The predicted molar refractivity (Wildman–Crippen MR) is 85.1 cm³/mol. The number of carbonyl (C=O) groups is 1. The third kappa shape index (κ3) is 3.11. The number of amides is 1. The molecule has 3 aliphatic heterocycles. The molecular formula is C17H31N3O. The Morgan fingerprint density at radius 3 is 1.95 bits per heavy atom. The third-order valence-corrected chi connectivity index (χ3v) is 5.77. The lowest BCUT2D eigenvalue weighted by Crippen LogP contribution is -2.49. The summed E-state index contributed by atoms with van der Waals surface area (Å²) in [5.41, 5.74) is 0.239.